The Kier molecular flexibility index (Phi) is 3.63. The van der Waals surface area contributed by atoms with Gasteiger partial charge in [0.25, 0.3) is 0 Å². The molecule has 0 saturated carbocycles. The van der Waals surface area contributed by atoms with Crippen molar-refractivity contribution in [2.75, 3.05) is 25.0 Å². The monoisotopic (exact) mass is 292 g/mol. The summed E-state index contributed by atoms with van der Waals surface area (Å²) in [6.45, 7) is 2.51. The van der Waals surface area contributed by atoms with Gasteiger partial charge in [-0.2, -0.15) is 0 Å². The summed E-state index contributed by atoms with van der Waals surface area (Å²) in [5, 5.41) is 0. The van der Waals surface area contributed by atoms with Gasteiger partial charge in [0.15, 0.2) is 0 Å². The van der Waals surface area contributed by atoms with Gasteiger partial charge in [-0.1, -0.05) is 48.5 Å². The van der Waals surface area contributed by atoms with E-state index in [0.29, 0.717) is 12.1 Å². The van der Waals surface area contributed by atoms with Gasteiger partial charge in [-0.25, -0.2) is 0 Å². The highest BCUT2D eigenvalue weighted by molar-refractivity contribution is 5.58. The molecule has 0 N–H and O–H groups in total. The van der Waals surface area contributed by atoms with Gasteiger partial charge in [0.05, 0.1) is 6.04 Å². The minimum absolute atomic E-state index is 0.474. The van der Waals surface area contributed by atoms with Crippen LogP contribution in [0.4, 0.5) is 5.69 Å². The van der Waals surface area contributed by atoms with Gasteiger partial charge >= 0.3 is 0 Å². The molecule has 2 unspecified atom stereocenters. The zero-order valence-electron chi connectivity index (χ0n) is 13.3. The molecule has 1 fully saturated rings. The van der Waals surface area contributed by atoms with Crippen LogP contribution < -0.4 is 4.90 Å². The Bertz CT molecular complexity index is 631. The number of rotatable bonds is 2. The van der Waals surface area contributed by atoms with Gasteiger partial charge in [-0.15, -0.1) is 0 Å². The van der Waals surface area contributed by atoms with Crippen LogP contribution in [0.15, 0.2) is 54.6 Å². The number of hydrogen-bond donors (Lipinski definition) is 0. The molecule has 0 radical (unpaired) electrons. The van der Waals surface area contributed by atoms with Crippen molar-refractivity contribution in [3.63, 3.8) is 0 Å². The summed E-state index contributed by atoms with van der Waals surface area (Å²) >= 11 is 0. The molecule has 22 heavy (non-hydrogen) atoms. The smallest absolute Gasteiger partial charge is 0.0557 e. The maximum atomic E-state index is 2.70. The molecule has 2 heteroatoms. The fourth-order valence-electron chi connectivity index (χ4n) is 4.19. The van der Waals surface area contributed by atoms with Gasteiger partial charge in [0, 0.05) is 18.8 Å². The summed E-state index contributed by atoms with van der Waals surface area (Å²) < 4.78 is 0. The topological polar surface area (TPSA) is 6.48 Å². The van der Waals surface area contributed by atoms with Crippen molar-refractivity contribution in [2.24, 2.45) is 0 Å². The molecule has 2 aliphatic rings. The Morgan fingerprint density at radius 2 is 1.50 bits per heavy atom. The van der Waals surface area contributed by atoms with Crippen LogP contribution in [0.5, 0.6) is 0 Å². The number of nitrogens with zero attached hydrogens (tertiary/aromatic N) is 2. The van der Waals surface area contributed by atoms with Crippen molar-refractivity contribution in [3.8, 4) is 0 Å². The standard InChI is InChI=1S/C20H24N2/c1-21-18-12-6-5-11-17(18)20(22-13-7-8-14-22)15-19(21)16-9-3-2-4-10-16/h2-6,9-12,19-20H,7-8,13-15H2,1H3. The zero-order chi connectivity index (χ0) is 14.9. The van der Waals surface area contributed by atoms with Crippen LogP contribution in [-0.4, -0.2) is 25.0 Å². The average Bonchev–Trinajstić information content (AvgIpc) is 3.11. The van der Waals surface area contributed by atoms with Gasteiger partial charge in [-0.3, -0.25) is 4.90 Å². The second-order valence-corrected chi connectivity index (χ2v) is 6.59. The molecule has 1 saturated heterocycles. The van der Waals surface area contributed by atoms with E-state index in [-0.39, 0.29) is 0 Å². The van der Waals surface area contributed by atoms with Crippen molar-refractivity contribution in [3.05, 3.63) is 65.7 Å². The predicted octanol–water partition coefficient (Wildman–Crippen LogP) is 4.40. The van der Waals surface area contributed by atoms with E-state index < -0.39 is 0 Å². The van der Waals surface area contributed by atoms with Crippen LogP contribution in [0.2, 0.25) is 0 Å². The lowest BCUT2D eigenvalue weighted by Gasteiger charge is -2.43. The first kappa shape index (κ1) is 13.8. The first-order valence-corrected chi connectivity index (χ1v) is 8.45. The summed E-state index contributed by atoms with van der Waals surface area (Å²) in [5.41, 5.74) is 4.35. The van der Waals surface area contributed by atoms with Crippen LogP contribution in [0.3, 0.4) is 0 Å². The van der Waals surface area contributed by atoms with Crippen LogP contribution in [0, 0.1) is 0 Å². The van der Waals surface area contributed by atoms with Gasteiger partial charge < -0.3 is 4.90 Å². The van der Waals surface area contributed by atoms with Crippen LogP contribution in [0.1, 0.15) is 42.5 Å². The van der Waals surface area contributed by atoms with Gasteiger partial charge in [0.2, 0.25) is 0 Å². The molecule has 4 rings (SSSR count). The van der Waals surface area contributed by atoms with E-state index in [1.54, 1.807) is 0 Å². The zero-order valence-corrected chi connectivity index (χ0v) is 13.3. The Morgan fingerprint density at radius 1 is 0.818 bits per heavy atom. The van der Waals surface area contributed by atoms with Crippen LogP contribution in [-0.2, 0) is 0 Å². The first-order chi connectivity index (χ1) is 10.8. The third kappa shape index (κ3) is 2.32. The minimum Gasteiger partial charge on any atom is -0.367 e. The Balaban J connectivity index is 1.75. The molecule has 2 aromatic rings. The van der Waals surface area contributed by atoms with Crippen molar-refractivity contribution in [2.45, 2.75) is 31.3 Å². The fraction of sp³-hybridized carbons (Fsp3) is 0.400. The maximum Gasteiger partial charge on any atom is 0.0557 e. The van der Waals surface area contributed by atoms with E-state index in [9.17, 15) is 0 Å². The molecule has 0 aliphatic carbocycles. The van der Waals surface area contributed by atoms with Crippen molar-refractivity contribution < 1.29 is 0 Å². The number of benzene rings is 2. The van der Waals surface area contributed by atoms with Crippen molar-refractivity contribution in [1.82, 2.24) is 4.90 Å². The average molecular weight is 292 g/mol. The van der Waals surface area contributed by atoms with Gasteiger partial charge in [0.1, 0.15) is 0 Å². The predicted molar refractivity (Wildman–Crippen MR) is 92.2 cm³/mol. The normalized spacial score (nSPS) is 25.2. The summed E-state index contributed by atoms with van der Waals surface area (Å²) in [5.74, 6) is 0. The van der Waals surface area contributed by atoms with E-state index in [4.69, 9.17) is 0 Å². The molecular weight excluding hydrogens is 268 g/mol. The van der Waals surface area contributed by atoms with E-state index in [2.05, 4.69) is 71.4 Å². The van der Waals surface area contributed by atoms with E-state index in [0.717, 1.165) is 0 Å². The molecule has 0 spiro atoms. The summed E-state index contributed by atoms with van der Waals surface area (Å²) in [4.78, 5) is 5.17. The Morgan fingerprint density at radius 3 is 2.27 bits per heavy atom. The molecule has 2 heterocycles. The lowest BCUT2D eigenvalue weighted by atomic mass is 9.87. The molecule has 2 atom stereocenters. The number of likely N-dealkylation sites (tertiary alicyclic amines) is 1. The summed E-state index contributed by atoms with van der Waals surface area (Å²) in [7, 11) is 2.25. The molecule has 2 aromatic carbocycles. The lowest BCUT2D eigenvalue weighted by Crippen LogP contribution is -2.37. The quantitative estimate of drug-likeness (QED) is 0.809. The van der Waals surface area contributed by atoms with E-state index >= 15 is 0 Å². The molecule has 0 aromatic heterocycles. The Labute approximate surface area is 133 Å². The molecule has 2 aliphatic heterocycles. The molecule has 0 bridgehead atoms. The highest BCUT2D eigenvalue weighted by atomic mass is 15.2. The number of hydrogen-bond acceptors (Lipinski definition) is 2. The molecular formula is C20H24N2. The third-order valence-corrected chi connectivity index (χ3v) is 5.36. The second kappa shape index (κ2) is 5.77. The molecule has 114 valence electrons. The largest absolute Gasteiger partial charge is 0.367 e. The van der Waals surface area contributed by atoms with Crippen LogP contribution in [0.25, 0.3) is 0 Å². The van der Waals surface area contributed by atoms with E-state index in [1.807, 2.05) is 0 Å². The third-order valence-electron chi connectivity index (χ3n) is 5.36. The number of para-hydroxylation sites is 1. The SMILES string of the molecule is CN1c2ccccc2C(N2CCCC2)CC1c1ccccc1. The van der Waals surface area contributed by atoms with Crippen molar-refractivity contribution in [1.29, 1.82) is 0 Å². The highest BCUT2D eigenvalue weighted by Crippen LogP contribution is 2.45. The summed E-state index contributed by atoms with van der Waals surface area (Å²) in [6.07, 6.45) is 3.90. The fourth-order valence-corrected chi connectivity index (χ4v) is 4.19. The van der Waals surface area contributed by atoms with Crippen LogP contribution >= 0.6 is 0 Å². The number of fused-ring (bicyclic) bond motifs is 1. The van der Waals surface area contributed by atoms with Crippen molar-refractivity contribution >= 4 is 5.69 Å². The first-order valence-electron chi connectivity index (χ1n) is 8.45. The Hall–Kier alpha value is -1.80. The summed E-state index contributed by atoms with van der Waals surface area (Å²) in [6, 6.07) is 21.0. The minimum atomic E-state index is 0.474. The highest BCUT2D eigenvalue weighted by Gasteiger charge is 2.35. The molecule has 2 nitrogen and oxygen atoms in total. The van der Waals surface area contributed by atoms with E-state index in [1.165, 1.54) is 49.2 Å². The second-order valence-electron chi connectivity index (χ2n) is 6.59. The molecule has 0 amide bonds. The van der Waals surface area contributed by atoms with Gasteiger partial charge in [-0.05, 0) is 49.5 Å². The number of anilines is 1. The maximum absolute atomic E-state index is 2.70. The lowest BCUT2D eigenvalue weighted by molar-refractivity contribution is 0.214.